The van der Waals surface area contributed by atoms with Gasteiger partial charge in [-0.1, -0.05) is 0 Å². The highest BCUT2D eigenvalue weighted by Gasteiger charge is 2.28. The van der Waals surface area contributed by atoms with Gasteiger partial charge >= 0.3 is 0 Å². The molecule has 1 unspecified atom stereocenters. The van der Waals surface area contributed by atoms with Gasteiger partial charge in [0, 0.05) is 25.9 Å². The van der Waals surface area contributed by atoms with Gasteiger partial charge < -0.3 is 5.32 Å². The van der Waals surface area contributed by atoms with Crippen LogP contribution in [0.2, 0.25) is 0 Å². The number of rotatable bonds is 3. The first-order valence-electron chi connectivity index (χ1n) is 4.80. The van der Waals surface area contributed by atoms with Crippen LogP contribution in [0.3, 0.4) is 0 Å². The number of aromatic nitrogens is 2. The highest BCUT2D eigenvalue weighted by Crippen LogP contribution is 2.13. The Bertz CT molecular complexity index is 433. The Morgan fingerprint density at radius 2 is 2.47 bits per heavy atom. The van der Waals surface area contributed by atoms with Crippen LogP contribution in [0.15, 0.2) is 12.3 Å². The van der Waals surface area contributed by atoms with Gasteiger partial charge in [-0.05, 0) is 13.0 Å². The van der Waals surface area contributed by atoms with Gasteiger partial charge in [0.2, 0.25) is 10.0 Å². The Morgan fingerprint density at radius 1 is 1.67 bits per heavy atom. The van der Waals surface area contributed by atoms with Crippen LogP contribution in [0, 0.1) is 0 Å². The molecule has 2 rings (SSSR count). The molecule has 0 spiro atoms. The molecule has 2 heterocycles. The molecule has 0 aliphatic carbocycles. The quantitative estimate of drug-likeness (QED) is 0.735. The van der Waals surface area contributed by atoms with Crippen molar-refractivity contribution in [2.75, 3.05) is 17.8 Å². The first-order valence-corrected chi connectivity index (χ1v) is 6.34. The molecule has 1 aliphatic heterocycles. The van der Waals surface area contributed by atoms with E-state index >= 15 is 0 Å². The summed E-state index contributed by atoms with van der Waals surface area (Å²) in [4.78, 5) is 0. The number of anilines is 1. The largest absolute Gasteiger partial charge is 0.315 e. The molecule has 0 aromatic carbocycles. The van der Waals surface area contributed by atoms with E-state index in [2.05, 4.69) is 15.1 Å². The summed E-state index contributed by atoms with van der Waals surface area (Å²) < 4.78 is 27.7. The first kappa shape index (κ1) is 10.4. The molecule has 1 aromatic rings. The van der Waals surface area contributed by atoms with Crippen LogP contribution in [-0.4, -0.2) is 36.5 Å². The van der Waals surface area contributed by atoms with Gasteiger partial charge in [0.25, 0.3) is 0 Å². The molecule has 1 aliphatic rings. The van der Waals surface area contributed by atoms with E-state index in [1.165, 1.54) is 0 Å². The smallest absolute Gasteiger partial charge is 0.238 e. The van der Waals surface area contributed by atoms with Crippen LogP contribution in [-0.2, 0) is 17.1 Å². The molecule has 0 bridgehead atoms. The van der Waals surface area contributed by atoms with Crippen molar-refractivity contribution in [1.29, 1.82) is 0 Å². The summed E-state index contributed by atoms with van der Waals surface area (Å²) in [6.07, 6.45) is 2.35. The van der Waals surface area contributed by atoms with Gasteiger partial charge in [0.1, 0.15) is 0 Å². The van der Waals surface area contributed by atoms with Crippen molar-refractivity contribution in [3.8, 4) is 0 Å². The lowest BCUT2D eigenvalue weighted by Gasteiger charge is -2.10. The first-order chi connectivity index (χ1) is 7.08. The number of hydrogen-bond acceptors (Lipinski definition) is 4. The Balaban J connectivity index is 2.10. The molecule has 0 amide bonds. The van der Waals surface area contributed by atoms with Crippen molar-refractivity contribution in [1.82, 2.24) is 15.1 Å². The summed E-state index contributed by atoms with van der Waals surface area (Å²) >= 11 is 0. The number of aryl methyl sites for hydroxylation is 1. The summed E-state index contributed by atoms with van der Waals surface area (Å²) in [5.41, 5.74) is 0. The fourth-order valence-corrected chi connectivity index (χ4v) is 2.92. The van der Waals surface area contributed by atoms with E-state index in [1.54, 1.807) is 24.0 Å². The lowest BCUT2D eigenvalue weighted by molar-refractivity contribution is 0.588. The molecule has 1 aromatic heterocycles. The maximum absolute atomic E-state index is 11.8. The average Bonchev–Trinajstić information content (AvgIpc) is 2.75. The van der Waals surface area contributed by atoms with Gasteiger partial charge in [-0.25, -0.2) is 8.42 Å². The predicted molar refractivity (Wildman–Crippen MR) is 57.0 cm³/mol. The fourth-order valence-electron chi connectivity index (χ4n) is 1.59. The van der Waals surface area contributed by atoms with E-state index in [9.17, 15) is 8.42 Å². The van der Waals surface area contributed by atoms with Crippen molar-refractivity contribution in [2.45, 2.75) is 11.7 Å². The van der Waals surface area contributed by atoms with E-state index in [1.807, 2.05) is 0 Å². The third kappa shape index (κ3) is 2.29. The normalized spacial score (nSPS) is 21.8. The zero-order valence-electron chi connectivity index (χ0n) is 8.47. The van der Waals surface area contributed by atoms with E-state index in [0.29, 0.717) is 18.8 Å². The molecule has 2 N–H and O–H groups in total. The summed E-state index contributed by atoms with van der Waals surface area (Å²) in [7, 11) is -1.54. The summed E-state index contributed by atoms with van der Waals surface area (Å²) in [6, 6.07) is 1.64. The molecule has 6 nitrogen and oxygen atoms in total. The third-order valence-corrected chi connectivity index (χ3v) is 4.19. The van der Waals surface area contributed by atoms with Crippen molar-refractivity contribution < 1.29 is 8.42 Å². The standard InChI is InChI=1S/C8H14N4O2S/c1-12-5-3-8(10-12)11-15(13,14)7-2-4-9-6-7/h3,5,7,9H,2,4,6H2,1H3,(H,10,11). The molecular formula is C8H14N4O2S. The third-order valence-electron chi connectivity index (χ3n) is 2.41. The topological polar surface area (TPSA) is 76.0 Å². The Kier molecular flexibility index (Phi) is 2.66. The number of nitrogens with one attached hydrogen (secondary N) is 2. The van der Waals surface area contributed by atoms with Crippen LogP contribution >= 0.6 is 0 Å². The molecular weight excluding hydrogens is 216 g/mol. The second-order valence-electron chi connectivity index (χ2n) is 3.64. The van der Waals surface area contributed by atoms with Gasteiger partial charge in [-0.2, -0.15) is 5.10 Å². The predicted octanol–water partition coefficient (Wildman–Crippen LogP) is -0.476. The van der Waals surface area contributed by atoms with Gasteiger partial charge in [-0.3, -0.25) is 9.40 Å². The maximum Gasteiger partial charge on any atom is 0.238 e. The van der Waals surface area contributed by atoms with Crippen molar-refractivity contribution in [3.63, 3.8) is 0 Å². The highest BCUT2D eigenvalue weighted by molar-refractivity contribution is 7.93. The molecule has 1 saturated heterocycles. The lowest BCUT2D eigenvalue weighted by Crippen LogP contribution is -2.29. The molecule has 0 saturated carbocycles. The van der Waals surface area contributed by atoms with Crippen LogP contribution in [0.5, 0.6) is 0 Å². The minimum absolute atomic E-state index is 0.348. The monoisotopic (exact) mass is 230 g/mol. The zero-order chi connectivity index (χ0) is 10.9. The highest BCUT2D eigenvalue weighted by atomic mass is 32.2. The number of nitrogens with zero attached hydrogens (tertiary/aromatic N) is 2. The summed E-state index contributed by atoms with van der Waals surface area (Å²) in [5, 5.41) is 6.65. The van der Waals surface area contributed by atoms with Crippen molar-refractivity contribution in [3.05, 3.63) is 12.3 Å². The zero-order valence-corrected chi connectivity index (χ0v) is 9.29. The van der Waals surface area contributed by atoms with Crippen LogP contribution < -0.4 is 10.0 Å². The maximum atomic E-state index is 11.8. The van der Waals surface area contributed by atoms with Gasteiger partial charge in [0.05, 0.1) is 5.25 Å². The number of hydrogen-bond donors (Lipinski definition) is 2. The fraction of sp³-hybridized carbons (Fsp3) is 0.625. The Hall–Kier alpha value is -1.08. The Labute approximate surface area is 88.7 Å². The average molecular weight is 230 g/mol. The number of sulfonamides is 1. The second kappa shape index (κ2) is 3.82. The summed E-state index contributed by atoms with van der Waals surface area (Å²) in [5.74, 6) is 0.379. The van der Waals surface area contributed by atoms with Crippen molar-refractivity contribution >= 4 is 15.8 Å². The minimum Gasteiger partial charge on any atom is -0.315 e. The van der Waals surface area contributed by atoms with E-state index in [4.69, 9.17) is 0 Å². The molecule has 15 heavy (non-hydrogen) atoms. The minimum atomic E-state index is -3.29. The van der Waals surface area contributed by atoms with Gasteiger partial charge in [-0.15, -0.1) is 0 Å². The molecule has 1 fully saturated rings. The summed E-state index contributed by atoms with van der Waals surface area (Å²) in [6.45, 7) is 1.27. The van der Waals surface area contributed by atoms with Crippen LogP contribution in [0.1, 0.15) is 6.42 Å². The van der Waals surface area contributed by atoms with Crippen LogP contribution in [0.25, 0.3) is 0 Å². The second-order valence-corrected chi connectivity index (χ2v) is 5.60. The van der Waals surface area contributed by atoms with Crippen molar-refractivity contribution in [2.24, 2.45) is 7.05 Å². The molecule has 1 atom stereocenters. The SMILES string of the molecule is Cn1ccc(NS(=O)(=O)C2CCNC2)n1. The molecule has 7 heteroatoms. The van der Waals surface area contributed by atoms with E-state index in [-0.39, 0.29) is 5.25 Å². The van der Waals surface area contributed by atoms with E-state index < -0.39 is 10.0 Å². The molecule has 0 radical (unpaired) electrons. The molecule has 84 valence electrons. The van der Waals surface area contributed by atoms with Gasteiger partial charge in [0.15, 0.2) is 5.82 Å². The van der Waals surface area contributed by atoms with Crippen LogP contribution in [0.4, 0.5) is 5.82 Å². The van der Waals surface area contributed by atoms with E-state index in [0.717, 1.165) is 6.54 Å². The Morgan fingerprint density at radius 3 is 3.00 bits per heavy atom. The lowest BCUT2D eigenvalue weighted by atomic mass is 10.4.